The molecule has 0 bridgehead atoms. The third-order valence-corrected chi connectivity index (χ3v) is 4.71. The van der Waals surface area contributed by atoms with Gasteiger partial charge in [-0.25, -0.2) is 0 Å². The van der Waals surface area contributed by atoms with Gasteiger partial charge < -0.3 is 14.4 Å². The van der Waals surface area contributed by atoms with Crippen LogP contribution in [0.3, 0.4) is 0 Å². The Hall–Kier alpha value is -0.900. The average Bonchev–Trinajstić information content (AvgIpc) is 2.98. The number of likely N-dealkylation sites (tertiary alicyclic amines) is 1. The normalized spacial score (nSPS) is 17.7. The number of ether oxygens (including phenoxy) is 1. The largest absolute Gasteiger partial charge is 0.384 e. The fraction of sp³-hybridized carbons (Fsp3) is 0.895. The van der Waals surface area contributed by atoms with Crippen molar-refractivity contribution in [3.05, 3.63) is 0 Å². The summed E-state index contributed by atoms with van der Waals surface area (Å²) in [5, 5.41) is 0. The molecule has 0 aromatic rings. The molecule has 4 heteroatoms. The second kappa shape index (κ2) is 12.5. The Kier molecular flexibility index (Phi) is 11.0. The lowest BCUT2D eigenvalue weighted by Gasteiger charge is -2.16. The second-order valence-electron chi connectivity index (χ2n) is 6.98. The standard InChI is InChI=1S/C19H35NO3/c1-17(21)11-9-7-5-3-4-6-8-10-12-19(22)20-14-13-18(15-20)16-23-2/h18H,3-16H2,1-2H3. The molecule has 1 aliphatic rings. The third-order valence-electron chi connectivity index (χ3n) is 4.71. The van der Waals surface area contributed by atoms with Crippen molar-refractivity contribution in [2.75, 3.05) is 26.8 Å². The van der Waals surface area contributed by atoms with Crippen LogP contribution in [0.15, 0.2) is 0 Å². The van der Waals surface area contributed by atoms with Crippen molar-refractivity contribution in [2.45, 2.75) is 77.6 Å². The molecule has 4 nitrogen and oxygen atoms in total. The van der Waals surface area contributed by atoms with Crippen LogP contribution in [0.2, 0.25) is 0 Å². The first-order valence-electron chi connectivity index (χ1n) is 9.39. The summed E-state index contributed by atoms with van der Waals surface area (Å²) in [6, 6.07) is 0. The number of unbranched alkanes of at least 4 members (excludes halogenated alkanes) is 7. The molecule has 1 amide bonds. The summed E-state index contributed by atoms with van der Waals surface area (Å²) in [4.78, 5) is 24.9. The van der Waals surface area contributed by atoms with E-state index < -0.39 is 0 Å². The van der Waals surface area contributed by atoms with Crippen molar-refractivity contribution in [1.29, 1.82) is 0 Å². The van der Waals surface area contributed by atoms with E-state index in [-0.39, 0.29) is 0 Å². The number of hydrogen-bond donors (Lipinski definition) is 0. The number of nitrogens with zero attached hydrogens (tertiary/aromatic N) is 1. The molecule has 23 heavy (non-hydrogen) atoms. The predicted octanol–water partition coefficient (Wildman–Crippen LogP) is 3.97. The Bertz CT molecular complexity index is 344. The number of rotatable bonds is 13. The molecule has 1 unspecified atom stereocenters. The summed E-state index contributed by atoms with van der Waals surface area (Å²) in [5.41, 5.74) is 0. The van der Waals surface area contributed by atoms with Gasteiger partial charge in [0, 0.05) is 39.0 Å². The molecule has 0 aliphatic carbocycles. The van der Waals surface area contributed by atoms with Gasteiger partial charge in [0.2, 0.25) is 5.91 Å². The highest BCUT2D eigenvalue weighted by Crippen LogP contribution is 2.18. The van der Waals surface area contributed by atoms with Crippen LogP contribution < -0.4 is 0 Å². The second-order valence-corrected chi connectivity index (χ2v) is 6.98. The molecule has 1 heterocycles. The summed E-state index contributed by atoms with van der Waals surface area (Å²) in [7, 11) is 1.73. The Morgan fingerprint density at radius 3 is 2.09 bits per heavy atom. The molecule has 1 rings (SSSR count). The molecule has 1 aliphatic heterocycles. The molecule has 0 aromatic heterocycles. The van der Waals surface area contributed by atoms with Gasteiger partial charge in [0.05, 0.1) is 6.61 Å². The van der Waals surface area contributed by atoms with Crippen molar-refractivity contribution in [3.8, 4) is 0 Å². The van der Waals surface area contributed by atoms with Gasteiger partial charge in [0.25, 0.3) is 0 Å². The first-order valence-corrected chi connectivity index (χ1v) is 9.39. The van der Waals surface area contributed by atoms with Gasteiger partial charge in [-0.2, -0.15) is 0 Å². The molecule has 1 atom stereocenters. The maximum absolute atomic E-state index is 12.1. The van der Waals surface area contributed by atoms with Gasteiger partial charge in [-0.3, -0.25) is 4.79 Å². The Labute approximate surface area is 141 Å². The highest BCUT2D eigenvalue weighted by atomic mass is 16.5. The topological polar surface area (TPSA) is 46.6 Å². The molecule has 0 aromatic carbocycles. The van der Waals surface area contributed by atoms with Crippen LogP contribution in [-0.2, 0) is 14.3 Å². The summed E-state index contributed by atoms with van der Waals surface area (Å²) < 4.78 is 5.17. The summed E-state index contributed by atoms with van der Waals surface area (Å²) >= 11 is 0. The number of carbonyl (C=O) groups is 2. The number of methoxy groups -OCH3 is 1. The Balaban J connectivity index is 1.89. The van der Waals surface area contributed by atoms with Gasteiger partial charge in [0.15, 0.2) is 0 Å². The zero-order valence-corrected chi connectivity index (χ0v) is 15.1. The van der Waals surface area contributed by atoms with E-state index in [1.165, 1.54) is 32.1 Å². The maximum Gasteiger partial charge on any atom is 0.222 e. The number of ketones is 1. The van der Waals surface area contributed by atoms with Gasteiger partial charge in [0.1, 0.15) is 5.78 Å². The molecular formula is C19H35NO3. The first-order chi connectivity index (χ1) is 11.1. The highest BCUT2D eigenvalue weighted by Gasteiger charge is 2.25. The Morgan fingerprint density at radius 2 is 1.52 bits per heavy atom. The minimum Gasteiger partial charge on any atom is -0.384 e. The number of amides is 1. The first kappa shape index (κ1) is 20.1. The van der Waals surface area contributed by atoms with E-state index in [4.69, 9.17) is 4.74 Å². The van der Waals surface area contributed by atoms with Crippen molar-refractivity contribution >= 4 is 11.7 Å². The highest BCUT2D eigenvalue weighted by molar-refractivity contribution is 5.76. The van der Waals surface area contributed by atoms with Crippen molar-refractivity contribution in [2.24, 2.45) is 5.92 Å². The lowest BCUT2D eigenvalue weighted by molar-refractivity contribution is -0.130. The molecule has 0 N–H and O–H groups in total. The van der Waals surface area contributed by atoms with E-state index in [2.05, 4.69) is 0 Å². The Morgan fingerprint density at radius 1 is 0.957 bits per heavy atom. The van der Waals surface area contributed by atoms with Gasteiger partial charge in [-0.1, -0.05) is 38.5 Å². The van der Waals surface area contributed by atoms with Crippen molar-refractivity contribution in [1.82, 2.24) is 4.90 Å². The van der Waals surface area contributed by atoms with E-state index >= 15 is 0 Å². The van der Waals surface area contributed by atoms with E-state index in [0.717, 1.165) is 51.8 Å². The van der Waals surface area contributed by atoms with Crippen molar-refractivity contribution < 1.29 is 14.3 Å². The minimum absolute atomic E-state index is 0.307. The van der Waals surface area contributed by atoms with E-state index in [1.807, 2.05) is 4.90 Å². The fourth-order valence-electron chi connectivity index (χ4n) is 3.30. The zero-order chi connectivity index (χ0) is 16.9. The average molecular weight is 325 g/mol. The number of Topliss-reactive ketones (excluding diaryl/α,β-unsaturated/α-hetero) is 1. The van der Waals surface area contributed by atoms with Crippen molar-refractivity contribution in [3.63, 3.8) is 0 Å². The lowest BCUT2D eigenvalue weighted by atomic mass is 10.1. The molecule has 0 spiro atoms. The van der Waals surface area contributed by atoms with E-state index in [1.54, 1.807) is 14.0 Å². The van der Waals surface area contributed by atoms with Crippen LogP contribution in [-0.4, -0.2) is 43.4 Å². The SMILES string of the molecule is COCC1CCN(C(=O)CCCCCCCCCCC(C)=O)C1. The molecule has 0 saturated carbocycles. The van der Waals surface area contributed by atoms with Gasteiger partial charge in [-0.05, 0) is 26.2 Å². The van der Waals surface area contributed by atoms with Crippen LogP contribution in [0.25, 0.3) is 0 Å². The number of carbonyl (C=O) groups excluding carboxylic acids is 2. The van der Waals surface area contributed by atoms with Crippen LogP contribution >= 0.6 is 0 Å². The quantitative estimate of drug-likeness (QED) is 0.481. The molecule has 0 radical (unpaired) electrons. The fourth-order valence-corrected chi connectivity index (χ4v) is 3.30. The molecular weight excluding hydrogens is 290 g/mol. The minimum atomic E-state index is 0.307. The van der Waals surface area contributed by atoms with Crippen LogP contribution in [0.4, 0.5) is 0 Å². The third kappa shape index (κ3) is 9.75. The van der Waals surface area contributed by atoms with E-state index in [0.29, 0.717) is 24.0 Å². The maximum atomic E-state index is 12.1. The van der Waals surface area contributed by atoms with Crippen LogP contribution in [0, 0.1) is 5.92 Å². The monoisotopic (exact) mass is 325 g/mol. The van der Waals surface area contributed by atoms with Crippen LogP contribution in [0.1, 0.15) is 77.6 Å². The summed E-state index contributed by atoms with van der Waals surface area (Å²) in [6.07, 6.45) is 11.9. The van der Waals surface area contributed by atoms with Gasteiger partial charge in [-0.15, -0.1) is 0 Å². The number of hydrogen-bond acceptors (Lipinski definition) is 3. The van der Waals surface area contributed by atoms with Gasteiger partial charge >= 0.3 is 0 Å². The molecule has 1 saturated heterocycles. The zero-order valence-electron chi connectivity index (χ0n) is 15.1. The summed E-state index contributed by atoms with van der Waals surface area (Å²) in [5.74, 6) is 1.17. The summed E-state index contributed by atoms with van der Waals surface area (Å²) in [6.45, 7) is 4.23. The lowest BCUT2D eigenvalue weighted by Crippen LogP contribution is -2.28. The molecule has 134 valence electrons. The van der Waals surface area contributed by atoms with Crippen LogP contribution in [0.5, 0.6) is 0 Å². The molecule has 1 fully saturated rings. The van der Waals surface area contributed by atoms with E-state index in [9.17, 15) is 9.59 Å². The smallest absolute Gasteiger partial charge is 0.222 e. The predicted molar refractivity (Wildman–Crippen MR) is 93.4 cm³/mol.